The number of carbonyl (C=O) groups excluding carboxylic acids is 1. The third-order valence-corrected chi connectivity index (χ3v) is 3.82. The van der Waals surface area contributed by atoms with E-state index in [1.807, 2.05) is 31.2 Å². The summed E-state index contributed by atoms with van der Waals surface area (Å²) < 4.78 is 5.44. The number of ether oxygens (including phenoxy) is 1. The predicted octanol–water partition coefficient (Wildman–Crippen LogP) is 2.80. The molecule has 1 amide bonds. The van der Waals surface area contributed by atoms with Gasteiger partial charge in [-0.3, -0.25) is 4.79 Å². The zero-order valence-electron chi connectivity index (χ0n) is 12.3. The maximum atomic E-state index is 12.3. The van der Waals surface area contributed by atoms with Crippen LogP contribution in [0.4, 0.5) is 5.69 Å². The first-order chi connectivity index (χ1) is 9.72. The summed E-state index contributed by atoms with van der Waals surface area (Å²) in [6.45, 7) is 5.69. The molecule has 1 aromatic rings. The van der Waals surface area contributed by atoms with Gasteiger partial charge >= 0.3 is 0 Å². The van der Waals surface area contributed by atoms with Gasteiger partial charge in [-0.15, -0.1) is 0 Å². The van der Waals surface area contributed by atoms with Gasteiger partial charge in [0.15, 0.2) is 0 Å². The van der Waals surface area contributed by atoms with E-state index in [1.165, 1.54) is 6.42 Å². The molecule has 20 heavy (non-hydrogen) atoms. The number of rotatable bonds is 5. The molecule has 0 aliphatic carbocycles. The van der Waals surface area contributed by atoms with Crippen molar-refractivity contribution in [1.82, 2.24) is 5.32 Å². The molecule has 1 aliphatic heterocycles. The fourth-order valence-corrected chi connectivity index (χ4v) is 2.63. The minimum Gasteiger partial charge on any atom is -0.494 e. The Morgan fingerprint density at radius 2 is 2.30 bits per heavy atom. The number of hydrogen-bond acceptors (Lipinski definition) is 3. The van der Waals surface area contributed by atoms with E-state index in [-0.39, 0.29) is 11.9 Å². The summed E-state index contributed by atoms with van der Waals surface area (Å²) in [6, 6.07) is 7.46. The molecule has 0 bridgehead atoms. The number of carbonyl (C=O) groups is 1. The van der Waals surface area contributed by atoms with Crippen molar-refractivity contribution in [3.8, 4) is 5.75 Å². The lowest BCUT2D eigenvalue weighted by atomic mass is 9.90. The van der Waals surface area contributed by atoms with E-state index in [1.54, 1.807) is 0 Å². The van der Waals surface area contributed by atoms with Gasteiger partial charge < -0.3 is 15.4 Å². The first kappa shape index (κ1) is 14.9. The first-order valence-electron chi connectivity index (χ1n) is 7.50. The first-order valence-corrected chi connectivity index (χ1v) is 7.50. The van der Waals surface area contributed by atoms with Crippen molar-refractivity contribution in [3.63, 3.8) is 0 Å². The van der Waals surface area contributed by atoms with Crippen LogP contribution in [0.5, 0.6) is 5.75 Å². The third kappa shape index (κ3) is 3.97. The van der Waals surface area contributed by atoms with Crippen molar-refractivity contribution in [1.29, 1.82) is 0 Å². The Morgan fingerprint density at radius 3 is 3.05 bits per heavy atom. The van der Waals surface area contributed by atoms with Crippen LogP contribution in [0.2, 0.25) is 0 Å². The fraction of sp³-hybridized carbons (Fsp3) is 0.562. The average Bonchev–Trinajstić information content (AvgIpc) is 2.48. The van der Waals surface area contributed by atoms with Crippen LogP contribution in [0.25, 0.3) is 0 Å². The van der Waals surface area contributed by atoms with Gasteiger partial charge in [-0.2, -0.15) is 0 Å². The quantitative estimate of drug-likeness (QED) is 0.869. The van der Waals surface area contributed by atoms with Gasteiger partial charge in [-0.1, -0.05) is 19.4 Å². The van der Waals surface area contributed by atoms with Crippen LogP contribution in [0.15, 0.2) is 24.3 Å². The Labute approximate surface area is 120 Å². The van der Waals surface area contributed by atoms with E-state index in [0.717, 1.165) is 30.8 Å². The zero-order chi connectivity index (χ0) is 14.4. The van der Waals surface area contributed by atoms with Crippen LogP contribution in [0.1, 0.15) is 33.1 Å². The largest absolute Gasteiger partial charge is 0.494 e. The van der Waals surface area contributed by atoms with Crippen LogP contribution < -0.4 is 15.4 Å². The van der Waals surface area contributed by atoms with E-state index in [9.17, 15) is 4.79 Å². The third-order valence-electron chi connectivity index (χ3n) is 3.82. The normalized spacial score (nSPS) is 22.3. The molecule has 110 valence electrons. The Balaban J connectivity index is 1.95. The second-order valence-corrected chi connectivity index (χ2v) is 5.26. The lowest BCUT2D eigenvalue weighted by Crippen LogP contribution is -2.46. The highest BCUT2D eigenvalue weighted by Crippen LogP contribution is 2.21. The average molecular weight is 276 g/mol. The molecule has 0 radical (unpaired) electrons. The molecule has 1 heterocycles. The second kappa shape index (κ2) is 7.29. The van der Waals surface area contributed by atoms with E-state index < -0.39 is 0 Å². The van der Waals surface area contributed by atoms with Crippen molar-refractivity contribution in [2.45, 2.75) is 39.2 Å². The molecular formula is C16H24N2O2. The van der Waals surface area contributed by atoms with Crippen molar-refractivity contribution < 1.29 is 9.53 Å². The molecule has 0 saturated carbocycles. The van der Waals surface area contributed by atoms with Crippen LogP contribution in [0, 0.1) is 5.92 Å². The Kier molecular flexibility index (Phi) is 5.41. The molecular weight excluding hydrogens is 252 g/mol. The van der Waals surface area contributed by atoms with Crippen molar-refractivity contribution in [2.24, 2.45) is 5.92 Å². The van der Waals surface area contributed by atoms with Crippen LogP contribution in [0.3, 0.4) is 0 Å². The standard InChI is InChI=1S/C16H24N2O2/c1-3-12-8-9-17-15(10-12)16(19)18-13-6-5-7-14(11-13)20-4-2/h5-7,11-12,15,17H,3-4,8-10H2,1-2H3,(H,18,19). The summed E-state index contributed by atoms with van der Waals surface area (Å²) in [7, 11) is 0. The summed E-state index contributed by atoms with van der Waals surface area (Å²) in [5.41, 5.74) is 0.793. The van der Waals surface area contributed by atoms with E-state index in [2.05, 4.69) is 17.6 Å². The van der Waals surface area contributed by atoms with Gasteiger partial charge in [0.05, 0.1) is 12.6 Å². The lowest BCUT2D eigenvalue weighted by molar-refractivity contribution is -0.119. The second-order valence-electron chi connectivity index (χ2n) is 5.26. The molecule has 1 saturated heterocycles. The van der Waals surface area contributed by atoms with Gasteiger partial charge in [-0.05, 0) is 44.4 Å². The molecule has 2 N–H and O–H groups in total. The Hall–Kier alpha value is -1.55. The van der Waals surface area contributed by atoms with Crippen molar-refractivity contribution >= 4 is 11.6 Å². The maximum Gasteiger partial charge on any atom is 0.241 e. The monoisotopic (exact) mass is 276 g/mol. The number of benzene rings is 1. The molecule has 0 spiro atoms. The highest BCUT2D eigenvalue weighted by molar-refractivity contribution is 5.95. The number of piperidine rings is 1. The molecule has 1 aromatic carbocycles. The topological polar surface area (TPSA) is 50.4 Å². The predicted molar refractivity (Wildman–Crippen MR) is 81.0 cm³/mol. The molecule has 2 atom stereocenters. The molecule has 1 aliphatic rings. The molecule has 4 heteroatoms. The highest BCUT2D eigenvalue weighted by Gasteiger charge is 2.25. The van der Waals surface area contributed by atoms with Crippen LogP contribution >= 0.6 is 0 Å². The van der Waals surface area contributed by atoms with Crippen molar-refractivity contribution in [3.05, 3.63) is 24.3 Å². The van der Waals surface area contributed by atoms with Gasteiger partial charge in [0.1, 0.15) is 5.75 Å². The number of amides is 1. The van der Waals surface area contributed by atoms with Gasteiger partial charge in [0.25, 0.3) is 0 Å². The minimum absolute atomic E-state index is 0.0526. The summed E-state index contributed by atoms with van der Waals surface area (Å²) in [6.07, 6.45) is 3.23. The maximum absolute atomic E-state index is 12.3. The van der Waals surface area contributed by atoms with Gasteiger partial charge in [0, 0.05) is 11.8 Å². The van der Waals surface area contributed by atoms with E-state index >= 15 is 0 Å². The number of hydrogen-bond donors (Lipinski definition) is 2. The molecule has 0 aromatic heterocycles. The summed E-state index contributed by atoms with van der Waals surface area (Å²) >= 11 is 0. The summed E-state index contributed by atoms with van der Waals surface area (Å²) in [4.78, 5) is 12.3. The highest BCUT2D eigenvalue weighted by atomic mass is 16.5. The molecule has 2 unspecified atom stereocenters. The minimum atomic E-state index is -0.0792. The van der Waals surface area contributed by atoms with Crippen LogP contribution in [-0.4, -0.2) is 25.1 Å². The lowest BCUT2D eigenvalue weighted by Gasteiger charge is -2.28. The van der Waals surface area contributed by atoms with Crippen molar-refractivity contribution in [2.75, 3.05) is 18.5 Å². The van der Waals surface area contributed by atoms with Gasteiger partial charge in [-0.25, -0.2) is 0 Å². The summed E-state index contributed by atoms with van der Waals surface area (Å²) in [5.74, 6) is 1.49. The van der Waals surface area contributed by atoms with Gasteiger partial charge in [0.2, 0.25) is 5.91 Å². The number of anilines is 1. The SMILES string of the molecule is CCOc1cccc(NC(=O)C2CC(CC)CCN2)c1. The Bertz CT molecular complexity index is 448. The van der Waals surface area contributed by atoms with E-state index in [0.29, 0.717) is 12.5 Å². The Morgan fingerprint density at radius 1 is 1.45 bits per heavy atom. The molecule has 1 fully saturated rings. The number of nitrogens with one attached hydrogen (secondary N) is 2. The fourth-order valence-electron chi connectivity index (χ4n) is 2.63. The summed E-state index contributed by atoms with van der Waals surface area (Å²) in [5, 5.41) is 6.27. The zero-order valence-corrected chi connectivity index (χ0v) is 12.3. The molecule has 4 nitrogen and oxygen atoms in total. The van der Waals surface area contributed by atoms with E-state index in [4.69, 9.17) is 4.74 Å². The van der Waals surface area contributed by atoms with Crippen LogP contribution in [-0.2, 0) is 4.79 Å². The molecule has 2 rings (SSSR count). The smallest absolute Gasteiger partial charge is 0.241 e.